The number of nitrogens with zero attached hydrogens (tertiary/aromatic N) is 1. The zero-order valence-electron chi connectivity index (χ0n) is 11.4. The molecule has 0 saturated heterocycles. The van der Waals surface area contributed by atoms with Crippen molar-refractivity contribution < 1.29 is 14.7 Å². The molecule has 2 aromatic rings. The van der Waals surface area contributed by atoms with Crippen LogP contribution in [0.2, 0.25) is 0 Å². The van der Waals surface area contributed by atoms with Gasteiger partial charge in [0.05, 0.1) is 0 Å². The number of benzene rings is 1. The molecule has 1 aromatic carbocycles. The first-order valence-electron chi connectivity index (χ1n) is 6.68. The summed E-state index contributed by atoms with van der Waals surface area (Å²) < 4.78 is 1.82. The summed E-state index contributed by atoms with van der Waals surface area (Å²) in [5, 5.41) is 12.6. The summed E-state index contributed by atoms with van der Waals surface area (Å²) in [5.41, 5.74) is 0.963. The molecule has 0 aliphatic carbocycles. The molecule has 5 nitrogen and oxygen atoms in total. The van der Waals surface area contributed by atoms with Crippen molar-refractivity contribution in [3.8, 4) is 0 Å². The molecule has 0 spiro atoms. The summed E-state index contributed by atoms with van der Waals surface area (Å²) in [6.45, 7) is 2.02. The van der Waals surface area contributed by atoms with Crippen LogP contribution in [0.15, 0.2) is 36.5 Å². The van der Waals surface area contributed by atoms with Gasteiger partial charge in [-0.05, 0) is 23.9 Å². The summed E-state index contributed by atoms with van der Waals surface area (Å²) in [5.74, 6) is -1.27. The molecule has 2 rings (SSSR count). The molecule has 2 N–H and O–H groups in total. The molecule has 1 amide bonds. The Morgan fingerprint density at radius 2 is 2.05 bits per heavy atom. The third-order valence-corrected chi connectivity index (χ3v) is 3.20. The zero-order chi connectivity index (χ0) is 14.5. The minimum atomic E-state index is -0.988. The van der Waals surface area contributed by atoms with Crippen LogP contribution in [-0.2, 0) is 16.1 Å². The Labute approximate surface area is 117 Å². The number of rotatable bonds is 6. The molecule has 1 heterocycles. The second kappa shape index (κ2) is 6.23. The molecular weight excluding hydrogens is 256 g/mol. The third-order valence-electron chi connectivity index (χ3n) is 3.20. The number of aliphatic carboxylic acids is 1. The first kappa shape index (κ1) is 14.1. The number of carboxylic acids is 1. The zero-order valence-corrected chi connectivity index (χ0v) is 11.4. The molecule has 5 heteroatoms. The van der Waals surface area contributed by atoms with Gasteiger partial charge >= 0.3 is 5.97 Å². The van der Waals surface area contributed by atoms with E-state index in [1.165, 1.54) is 0 Å². The average Bonchev–Trinajstić information content (AvgIpc) is 2.81. The summed E-state index contributed by atoms with van der Waals surface area (Å²) in [7, 11) is 0. The van der Waals surface area contributed by atoms with Crippen LogP contribution in [0.5, 0.6) is 0 Å². The molecule has 0 saturated carbocycles. The SMILES string of the molecule is CCCC(NC(=O)Cn1ccc2ccccc21)C(=O)O. The molecule has 0 radical (unpaired) electrons. The van der Waals surface area contributed by atoms with Crippen molar-refractivity contribution in [2.75, 3.05) is 0 Å². The van der Waals surface area contributed by atoms with E-state index in [9.17, 15) is 9.59 Å². The Balaban J connectivity index is 2.06. The second-order valence-corrected chi connectivity index (χ2v) is 4.75. The Morgan fingerprint density at radius 1 is 1.30 bits per heavy atom. The molecule has 0 aliphatic rings. The molecule has 1 unspecified atom stereocenters. The normalized spacial score (nSPS) is 12.2. The van der Waals surface area contributed by atoms with E-state index in [2.05, 4.69) is 5.32 Å². The quantitative estimate of drug-likeness (QED) is 0.846. The van der Waals surface area contributed by atoms with Crippen molar-refractivity contribution >= 4 is 22.8 Å². The lowest BCUT2D eigenvalue weighted by atomic mass is 10.1. The van der Waals surface area contributed by atoms with Gasteiger partial charge in [-0.1, -0.05) is 31.5 Å². The maximum absolute atomic E-state index is 11.9. The first-order valence-corrected chi connectivity index (χ1v) is 6.68. The van der Waals surface area contributed by atoms with Gasteiger partial charge in [-0.2, -0.15) is 0 Å². The largest absolute Gasteiger partial charge is 0.480 e. The van der Waals surface area contributed by atoms with Gasteiger partial charge in [0.25, 0.3) is 0 Å². The van der Waals surface area contributed by atoms with E-state index in [1.54, 1.807) is 0 Å². The Kier molecular flexibility index (Phi) is 4.40. The fraction of sp³-hybridized carbons (Fsp3) is 0.333. The highest BCUT2D eigenvalue weighted by atomic mass is 16.4. The molecule has 0 aliphatic heterocycles. The van der Waals surface area contributed by atoms with Gasteiger partial charge in [-0.3, -0.25) is 4.79 Å². The number of carbonyl (C=O) groups excluding carboxylic acids is 1. The highest BCUT2D eigenvalue weighted by molar-refractivity contribution is 5.86. The summed E-state index contributed by atoms with van der Waals surface area (Å²) in [4.78, 5) is 23.0. The number of nitrogens with one attached hydrogen (secondary N) is 1. The summed E-state index contributed by atoms with van der Waals surface area (Å²) in [6, 6.07) is 8.88. The van der Waals surface area contributed by atoms with Crippen LogP contribution < -0.4 is 5.32 Å². The van der Waals surface area contributed by atoms with Crippen molar-refractivity contribution in [1.29, 1.82) is 0 Å². The smallest absolute Gasteiger partial charge is 0.326 e. The molecule has 0 bridgehead atoms. The maximum atomic E-state index is 11.9. The third kappa shape index (κ3) is 3.17. The van der Waals surface area contributed by atoms with Gasteiger partial charge in [-0.15, -0.1) is 0 Å². The number of carbonyl (C=O) groups is 2. The van der Waals surface area contributed by atoms with Crippen molar-refractivity contribution in [3.63, 3.8) is 0 Å². The van der Waals surface area contributed by atoms with E-state index in [0.29, 0.717) is 12.8 Å². The summed E-state index contributed by atoms with van der Waals surface area (Å²) >= 11 is 0. The van der Waals surface area contributed by atoms with E-state index < -0.39 is 12.0 Å². The minimum Gasteiger partial charge on any atom is -0.480 e. The Bertz CT molecular complexity index is 618. The van der Waals surface area contributed by atoms with E-state index in [0.717, 1.165) is 10.9 Å². The van der Waals surface area contributed by atoms with Gasteiger partial charge in [0.1, 0.15) is 12.6 Å². The Morgan fingerprint density at radius 3 is 2.75 bits per heavy atom. The number of para-hydroxylation sites is 1. The van der Waals surface area contributed by atoms with Crippen molar-refractivity contribution in [2.45, 2.75) is 32.4 Å². The van der Waals surface area contributed by atoms with Crippen LogP contribution in [0.1, 0.15) is 19.8 Å². The minimum absolute atomic E-state index is 0.126. The molecule has 1 aromatic heterocycles. The highest BCUT2D eigenvalue weighted by Crippen LogP contribution is 2.14. The van der Waals surface area contributed by atoms with Crippen molar-refractivity contribution in [1.82, 2.24) is 9.88 Å². The predicted octanol–water partition coefficient (Wildman–Crippen LogP) is 2.01. The molecule has 106 valence electrons. The average molecular weight is 274 g/mol. The number of fused-ring (bicyclic) bond motifs is 1. The van der Waals surface area contributed by atoms with Gasteiger partial charge in [-0.25, -0.2) is 4.79 Å². The lowest BCUT2D eigenvalue weighted by Gasteiger charge is -2.14. The topological polar surface area (TPSA) is 71.3 Å². The number of aromatic nitrogens is 1. The van der Waals surface area contributed by atoms with Crippen LogP contribution in [0.25, 0.3) is 10.9 Å². The van der Waals surface area contributed by atoms with E-state index in [4.69, 9.17) is 5.11 Å². The lowest BCUT2D eigenvalue weighted by molar-refractivity contribution is -0.142. The fourth-order valence-electron chi connectivity index (χ4n) is 2.22. The molecular formula is C15H18N2O3. The summed E-state index contributed by atoms with van der Waals surface area (Å²) in [6.07, 6.45) is 2.98. The number of hydrogen-bond donors (Lipinski definition) is 2. The van der Waals surface area contributed by atoms with Crippen molar-refractivity contribution in [2.24, 2.45) is 0 Å². The van der Waals surface area contributed by atoms with Gasteiger partial charge in [0, 0.05) is 11.7 Å². The van der Waals surface area contributed by atoms with Crippen LogP contribution in [0, 0.1) is 0 Å². The fourth-order valence-corrected chi connectivity index (χ4v) is 2.22. The van der Waals surface area contributed by atoms with Crippen molar-refractivity contribution in [3.05, 3.63) is 36.5 Å². The maximum Gasteiger partial charge on any atom is 0.326 e. The van der Waals surface area contributed by atoms with Crippen LogP contribution in [-0.4, -0.2) is 27.6 Å². The second-order valence-electron chi connectivity index (χ2n) is 4.75. The lowest BCUT2D eigenvalue weighted by Crippen LogP contribution is -2.42. The van der Waals surface area contributed by atoms with E-state index >= 15 is 0 Å². The molecule has 0 fully saturated rings. The van der Waals surface area contributed by atoms with Crippen LogP contribution in [0.4, 0.5) is 0 Å². The molecule has 20 heavy (non-hydrogen) atoms. The number of carboxylic acid groups (broad SMARTS) is 1. The first-order chi connectivity index (χ1) is 9.61. The molecule has 1 atom stereocenters. The number of amides is 1. The Hall–Kier alpha value is -2.30. The van der Waals surface area contributed by atoms with Gasteiger partial charge in [0.15, 0.2) is 0 Å². The van der Waals surface area contributed by atoms with Crippen LogP contribution in [0.3, 0.4) is 0 Å². The van der Waals surface area contributed by atoms with Crippen LogP contribution >= 0.6 is 0 Å². The number of hydrogen-bond acceptors (Lipinski definition) is 2. The standard InChI is InChI=1S/C15H18N2O3/c1-2-5-12(15(19)20)16-14(18)10-17-9-8-11-6-3-4-7-13(11)17/h3-4,6-9,12H,2,5,10H2,1H3,(H,16,18)(H,19,20). The van der Waals surface area contributed by atoms with Gasteiger partial charge < -0.3 is 15.0 Å². The van der Waals surface area contributed by atoms with Gasteiger partial charge in [0.2, 0.25) is 5.91 Å². The predicted molar refractivity (Wildman–Crippen MR) is 76.4 cm³/mol. The highest BCUT2D eigenvalue weighted by Gasteiger charge is 2.18. The van der Waals surface area contributed by atoms with E-state index in [-0.39, 0.29) is 12.5 Å². The monoisotopic (exact) mass is 274 g/mol. The van der Waals surface area contributed by atoms with E-state index in [1.807, 2.05) is 48.0 Å².